The second-order valence-corrected chi connectivity index (χ2v) is 6.76. The lowest BCUT2D eigenvalue weighted by atomic mass is 9.98. The number of carbonyl (C=O) groups is 2. The molecule has 0 saturated carbocycles. The Bertz CT molecular complexity index is 1040. The summed E-state index contributed by atoms with van der Waals surface area (Å²) >= 11 is 0. The van der Waals surface area contributed by atoms with Crippen LogP contribution >= 0.6 is 0 Å². The van der Waals surface area contributed by atoms with Crippen molar-refractivity contribution in [3.05, 3.63) is 95.3 Å². The maximum Gasteiger partial charge on any atom is 0.408 e. The SMILES string of the molecule is O=C(NC(C(=O)O)c1ccccc1F)OCC1c2ccccc2-c2ccccc21. The molecule has 5 nitrogen and oxygen atoms in total. The zero-order valence-electron chi connectivity index (χ0n) is 15.3. The quantitative estimate of drug-likeness (QED) is 0.672. The number of alkyl carbamates (subject to hydrolysis) is 1. The summed E-state index contributed by atoms with van der Waals surface area (Å²) in [6.45, 7) is 0.0451. The Hall–Kier alpha value is -3.67. The first kappa shape index (κ1) is 18.7. The molecular weight excluding hydrogens is 373 g/mol. The Kier molecular flexibility index (Phi) is 4.99. The van der Waals surface area contributed by atoms with E-state index in [1.54, 1.807) is 0 Å². The number of benzene rings is 3. The van der Waals surface area contributed by atoms with Crippen molar-refractivity contribution in [2.45, 2.75) is 12.0 Å². The number of rotatable bonds is 5. The lowest BCUT2D eigenvalue weighted by molar-refractivity contribution is -0.139. The molecule has 0 spiro atoms. The topological polar surface area (TPSA) is 75.6 Å². The number of nitrogens with one attached hydrogen (secondary N) is 1. The third-order valence-electron chi connectivity index (χ3n) is 5.07. The Labute approximate surface area is 166 Å². The van der Waals surface area contributed by atoms with Crippen molar-refractivity contribution >= 4 is 12.1 Å². The molecule has 0 bridgehead atoms. The van der Waals surface area contributed by atoms with Crippen LogP contribution < -0.4 is 5.32 Å². The van der Waals surface area contributed by atoms with Crippen molar-refractivity contribution < 1.29 is 23.8 Å². The molecule has 0 aliphatic heterocycles. The highest BCUT2D eigenvalue weighted by Gasteiger charge is 2.30. The van der Waals surface area contributed by atoms with Crippen LogP contribution in [0.3, 0.4) is 0 Å². The predicted octanol–water partition coefficient (Wildman–Crippen LogP) is 4.49. The van der Waals surface area contributed by atoms with Gasteiger partial charge in [0.25, 0.3) is 0 Å². The lowest BCUT2D eigenvalue weighted by Crippen LogP contribution is -2.35. The first-order valence-corrected chi connectivity index (χ1v) is 9.15. The number of amides is 1. The van der Waals surface area contributed by atoms with Crippen LogP contribution in [0, 0.1) is 5.82 Å². The maximum atomic E-state index is 14.0. The molecule has 6 heteroatoms. The number of ether oxygens (including phenoxy) is 1. The Balaban J connectivity index is 1.50. The van der Waals surface area contributed by atoms with Crippen LogP contribution in [-0.4, -0.2) is 23.8 Å². The van der Waals surface area contributed by atoms with Gasteiger partial charge < -0.3 is 15.2 Å². The molecule has 0 fully saturated rings. The molecule has 4 rings (SSSR count). The smallest absolute Gasteiger partial charge is 0.408 e. The normalized spacial score (nSPS) is 13.3. The summed E-state index contributed by atoms with van der Waals surface area (Å²) in [6, 6.07) is 19.7. The van der Waals surface area contributed by atoms with Gasteiger partial charge in [-0.25, -0.2) is 14.0 Å². The van der Waals surface area contributed by atoms with Crippen LogP contribution in [0.5, 0.6) is 0 Å². The fourth-order valence-corrected chi connectivity index (χ4v) is 3.74. The summed E-state index contributed by atoms with van der Waals surface area (Å²) in [5.74, 6) is -2.23. The second-order valence-electron chi connectivity index (χ2n) is 6.76. The van der Waals surface area contributed by atoms with Gasteiger partial charge in [-0.1, -0.05) is 66.7 Å². The summed E-state index contributed by atoms with van der Waals surface area (Å²) in [5.41, 5.74) is 4.14. The standard InChI is InChI=1S/C23H18FNO4/c24-20-12-6-5-11-18(20)21(22(26)27)25-23(28)29-13-19-16-9-3-1-7-14(16)15-8-2-4-10-17(15)19/h1-12,19,21H,13H2,(H,25,28)(H,26,27). The third-order valence-corrected chi connectivity index (χ3v) is 5.07. The van der Waals surface area contributed by atoms with Crippen molar-refractivity contribution in [1.29, 1.82) is 0 Å². The van der Waals surface area contributed by atoms with Crippen LogP contribution in [0.4, 0.5) is 9.18 Å². The minimum Gasteiger partial charge on any atom is -0.479 e. The molecule has 1 unspecified atom stereocenters. The summed E-state index contributed by atoms with van der Waals surface area (Å²) in [4.78, 5) is 23.8. The van der Waals surface area contributed by atoms with Gasteiger partial charge >= 0.3 is 12.1 Å². The summed E-state index contributed by atoms with van der Waals surface area (Å²) in [5, 5.41) is 11.6. The van der Waals surface area contributed by atoms with Gasteiger partial charge in [-0.05, 0) is 28.3 Å². The second kappa shape index (κ2) is 7.75. The van der Waals surface area contributed by atoms with E-state index in [-0.39, 0.29) is 18.1 Å². The van der Waals surface area contributed by atoms with Crippen molar-refractivity contribution in [2.75, 3.05) is 6.61 Å². The highest BCUT2D eigenvalue weighted by molar-refractivity contribution is 5.82. The van der Waals surface area contributed by atoms with Gasteiger partial charge in [0.2, 0.25) is 0 Å². The fourth-order valence-electron chi connectivity index (χ4n) is 3.74. The minimum atomic E-state index is -1.54. The van der Waals surface area contributed by atoms with E-state index >= 15 is 0 Å². The van der Waals surface area contributed by atoms with E-state index < -0.39 is 23.9 Å². The molecular formula is C23H18FNO4. The summed E-state index contributed by atoms with van der Waals surface area (Å²) in [7, 11) is 0. The van der Waals surface area contributed by atoms with E-state index in [9.17, 15) is 19.1 Å². The number of carboxylic acids is 1. The zero-order valence-corrected chi connectivity index (χ0v) is 15.3. The van der Waals surface area contributed by atoms with E-state index in [1.807, 2.05) is 48.5 Å². The van der Waals surface area contributed by atoms with Gasteiger partial charge in [-0.3, -0.25) is 0 Å². The van der Waals surface area contributed by atoms with Gasteiger partial charge in [0.05, 0.1) is 0 Å². The molecule has 1 atom stereocenters. The Morgan fingerprint density at radius 1 is 0.931 bits per heavy atom. The van der Waals surface area contributed by atoms with Crippen LogP contribution in [0.2, 0.25) is 0 Å². The molecule has 2 N–H and O–H groups in total. The first-order valence-electron chi connectivity index (χ1n) is 9.15. The van der Waals surface area contributed by atoms with Crippen molar-refractivity contribution in [3.8, 4) is 11.1 Å². The number of aliphatic carboxylic acids is 1. The molecule has 0 heterocycles. The van der Waals surface area contributed by atoms with Gasteiger partial charge in [0.1, 0.15) is 12.4 Å². The monoisotopic (exact) mass is 391 g/mol. The predicted molar refractivity (Wildman–Crippen MR) is 105 cm³/mol. The number of fused-ring (bicyclic) bond motifs is 3. The van der Waals surface area contributed by atoms with Crippen molar-refractivity contribution in [1.82, 2.24) is 5.32 Å². The molecule has 0 saturated heterocycles. The first-order chi connectivity index (χ1) is 14.1. The van der Waals surface area contributed by atoms with Crippen LogP contribution in [0.15, 0.2) is 72.8 Å². The van der Waals surface area contributed by atoms with E-state index in [0.29, 0.717) is 0 Å². The molecule has 1 amide bonds. The molecule has 0 aromatic heterocycles. The molecule has 3 aromatic rings. The van der Waals surface area contributed by atoms with Crippen LogP contribution in [-0.2, 0) is 9.53 Å². The van der Waals surface area contributed by atoms with Gasteiger partial charge in [-0.2, -0.15) is 0 Å². The van der Waals surface area contributed by atoms with E-state index in [0.717, 1.165) is 28.3 Å². The molecule has 146 valence electrons. The van der Waals surface area contributed by atoms with Gasteiger partial charge in [0.15, 0.2) is 6.04 Å². The van der Waals surface area contributed by atoms with E-state index in [1.165, 1.54) is 18.2 Å². The Morgan fingerprint density at radius 3 is 2.07 bits per heavy atom. The molecule has 1 aliphatic rings. The number of hydrogen-bond donors (Lipinski definition) is 2. The number of halogens is 1. The Morgan fingerprint density at radius 2 is 1.48 bits per heavy atom. The summed E-state index contributed by atoms with van der Waals surface area (Å²) in [6.07, 6.45) is -0.914. The zero-order chi connectivity index (χ0) is 20.4. The van der Waals surface area contributed by atoms with Crippen molar-refractivity contribution in [3.63, 3.8) is 0 Å². The molecule has 3 aromatic carbocycles. The highest BCUT2D eigenvalue weighted by Crippen LogP contribution is 2.44. The molecule has 0 radical (unpaired) electrons. The largest absolute Gasteiger partial charge is 0.479 e. The fraction of sp³-hybridized carbons (Fsp3) is 0.130. The summed E-state index contributed by atoms with van der Waals surface area (Å²) < 4.78 is 19.3. The average molecular weight is 391 g/mol. The number of carbonyl (C=O) groups excluding carboxylic acids is 1. The highest BCUT2D eigenvalue weighted by atomic mass is 19.1. The lowest BCUT2D eigenvalue weighted by Gasteiger charge is -2.18. The number of carboxylic acid groups (broad SMARTS) is 1. The maximum absolute atomic E-state index is 14.0. The van der Waals surface area contributed by atoms with E-state index in [2.05, 4.69) is 5.32 Å². The molecule has 29 heavy (non-hydrogen) atoms. The van der Waals surface area contributed by atoms with Crippen LogP contribution in [0.25, 0.3) is 11.1 Å². The number of hydrogen-bond acceptors (Lipinski definition) is 3. The minimum absolute atomic E-state index is 0.0451. The van der Waals surface area contributed by atoms with E-state index in [4.69, 9.17) is 4.74 Å². The third kappa shape index (κ3) is 3.57. The van der Waals surface area contributed by atoms with Gasteiger partial charge in [-0.15, -0.1) is 0 Å². The van der Waals surface area contributed by atoms with Gasteiger partial charge in [0, 0.05) is 11.5 Å². The van der Waals surface area contributed by atoms with Crippen LogP contribution in [0.1, 0.15) is 28.7 Å². The molecule has 1 aliphatic carbocycles. The van der Waals surface area contributed by atoms with Crippen molar-refractivity contribution in [2.24, 2.45) is 0 Å². The average Bonchev–Trinajstić information content (AvgIpc) is 3.05.